The number of hydrogen-bond acceptors (Lipinski definition) is 2. The summed E-state index contributed by atoms with van der Waals surface area (Å²) in [5.41, 5.74) is 1.10. The number of carbonyl (C=O) groups is 1. The summed E-state index contributed by atoms with van der Waals surface area (Å²) < 4.78 is 5.93. The van der Waals surface area contributed by atoms with Gasteiger partial charge in [0.1, 0.15) is 17.6 Å². The second-order valence-electron chi connectivity index (χ2n) is 4.80. The largest absolute Gasteiger partial charge is 0.485 e. The monoisotopic (exact) mass is 228 g/mol. The van der Waals surface area contributed by atoms with E-state index in [1.807, 2.05) is 30.3 Å². The Kier molecular flexibility index (Phi) is 2.71. The summed E-state index contributed by atoms with van der Waals surface area (Å²) in [7, 11) is 0. The Balaban J connectivity index is 1.82. The molecule has 2 atom stereocenters. The minimum absolute atomic E-state index is 0.0577. The summed E-state index contributed by atoms with van der Waals surface area (Å²) in [6.07, 6.45) is 7.93. The predicted octanol–water partition coefficient (Wildman–Crippen LogP) is 3.22. The molecule has 0 N–H and O–H groups in total. The van der Waals surface area contributed by atoms with Gasteiger partial charge in [0.05, 0.1) is 5.92 Å². The van der Waals surface area contributed by atoms with Gasteiger partial charge in [-0.1, -0.05) is 30.7 Å². The predicted molar refractivity (Wildman–Crippen MR) is 66.9 cm³/mol. The van der Waals surface area contributed by atoms with Gasteiger partial charge in [-0.3, -0.25) is 4.79 Å². The van der Waals surface area contributed by atoms with Crippen LogP contribution >= 0.6 is 0 Å². The molecule has 2 unspecified atom stereocenters. The van der Waals surface area contributed by atoms with Crippen molar-refractivity contribution in [1.82, 2.24) is 0 Å². The van der Waals surface area contributed by atoms with Gasteiger partial charge in [-0.15, -0.1) is 0 Å². The number of carbonyl (C=O) groups excluding carboxylic acids is 1. The maximum Gasteiger partial charge on any atom is 0.140 e. The minimum Gasteiger partial charge on any atom is -0.485 e. The number of para-hydroxylation sites is 1. The third kappa shape index (κ3) is 1.99. The number of rotatable bonds is 1. The van der Waals surface area contributed by atoms with E-state index in [4.69, 9.17) is 4.74 Å². The zero-order valence-electron chi connectivity index (χ0n) is 9.76. The molecule has 3 rings (SSSR count). The third-order valence-electron chi connectivity index (χ3n) is 3.65. The zero-order valence-corrected chi connectivity index (χ0v) is 9.76. The normalized spacial score (nSPS) is 27.4. The van der Waals surface area contributed by atoms with Crippen molar-refractivity contribution >= 4 is 11.9 Å². The molecule has 1 saturated carbocycles. The molecule has 1 aromatic rings. The third-order valence-corrected chi connectivity index (χ3v) is 3.65. The van der Waals surface area contributed by atoms with E-state index in [9.17, 15) is 4.79 Å². The molecule has 1 aromatic carbocycles. The number of Topliss-reactive ketones (excluding diaryl/α,β-unsaturated/α-hetero) is 1. The van der Waals surface area contributed by atoms with Gasteiger partial charge in [0.25, 0.3) is 0 Å². The summed E-state index contributed by atoms with van der Waals surface area (Å²) in [5.74, 6) is 1.33. The Hall–Kier alpha value is -1.57. The number of fused-ring (bicyclic) bond motifs is 1. The maximum atomic E-state index is 11.9. The lowest BCUT2D eigenvalue weighted by atomic mass is 9.83. The van der Waals surface area contributed by atoms with E-state index >= 15 is 0 Å². The highest BCUT2D eigenvalue weighted by Gasteiger charge is 2.31. The van der Waals surface area contributed by atoms with E-state index in [1.54, 1.807) is 0 Å². The van der Waals surface area contributed by atoms with Gasteiger partial charge in [0.15, 0.2) is 0 Å². The molecule has 1 aliphatic carbocycles. The Morgan fingerprint density at radius 2 is 2.06 bits per heavy atom. The zero-order chi connectivity index (χ0) is 11.7. The highest BCUT2D eigenvalue weighted by molar-refractivity contribution is 5.83. The summed E-state index contributed by atoms with van der Waals surface area (Å²) in [6.45, 7) is 0. The molecule has 2 heteroatoms. The Morgan fingerprint density at radius 1 is 1.18 bits per heavy atom. The number of hydrogen-bond donors (Lipinski definition) is 0. The first-order chi connectivity index (χ1) is 8.34. The maximum absolute atomic E-state index is 11.9. The molecule has 1 fully saturated rings. The van der Waals surface area contributed by atoms with Crippen LogP contribution in [0.3, 0.4) is 0 Å². The van der Waals surface area contributed by atoms with Crippen LogP contribution in [-0.2, 0) is 4.79 Å². The number of ether oxygens (including phenoxy) is 1. The molecule has 0 saturated heterocycles. The quantitative estimate of drug-likeness (QED) is 0.737. The fourth-order valence-electron chi connectivity index (χ4n) is 2.68. The van der Waals surface area contributed by atoms with E-state index in [0.717, 1.165) is 37.0 Å². The van der Waals surface area contributed by atoms with Gasteiger partial charge in [-0.2, -0.15) is 0 Å². The van der Waals surface area contributed by atoms with Gasteiger partial charge >= 0.3 is 0 Å². The van der Waals surface area contributed by atoms with Crippen molar-refractivity contribution in [3.63, 3.8) is 0 Å². The molecular weight excluding hydrogens is 212 g/mol. The van der Waals surface area contributed by atoms with Crippen LogP contribution in [0.25, 0.3) is 6.08 Å². The summed E-state index contributed by atoms with van der Waals surface area (Å²) in [6, 6.07) is 7.97. The van der Waals surface area contributed by atoms with Gasteiger partial charge in [0, 0.05) is 12.0 Å². The minimum atomic E-state index is -0.0577. The van der Waals surface area contributed by atoms with Crippen molar-refractivity contribution in [1.29, 1.82) is 0 Å². The average Bonchev–Trinajstić information content (AvgIpc) is 2.39. The van der Waals surface area contributed by atoms with Crippen molar-refractivity contribution in [3.05, 3.63) is 35.9 Å². The highest BCUT2D eigenvalue weighted by Crippen LogP contribution is 2.32. The van der Waals surface area contributed by atoms with Crippen LogP contribution in [0.4, 0.5) is 0 Å². The average molecular weight is 228 g/mol. The first-order valence-electron chi connectivity index (χ1n) is 6.31. The van der Waals surface area contributed by atoms with Gasteiger partial charge in [-0.05, 0) is 25.0 Å². The first-order valence-corrected chi connectivity index (χ1v) is 6.31. The lowest BCUT2D eigenvalue weighted by Crippen LogP contribution is -2.34. The van der Waals surface area contributed by atoms with Crippen LogP contribution in [0.5, 0.6) is 5.75 Å². The number of ketones is 1. The van der Waals surface area contributed by atoms with E-state index in [-0.39, 0.29) is 12.0 Å². The van der Waals surface area contributed by atoms with Crippen molar-refractivity contribution in [2.75, 3.05) is 0 Å². The topological polar surface area (TPSA) is 26.3 Å². The van der Waals surface area contributed by atoms with Gasteiger partial charge in [0.2, 0.25) is 0 Å². The SMILES string of the molecule is O=C1CCCCC1C1C=Cc2ccccc2O1. The molecule has 2 aliphatic rings. The Labute approximate surface area is 101 Å². The molecule has 0 spiro atoms. The second kappa shape index (κ2) is 4.36. The van der Waals surface area contributed by atoms with E-state index in [0.29, 0.717) is 5.78 Å². The highest BCUT2D eigenvalue weighted by atomic mass is 16.5. The first kappa shape index (κ1) is 10.6. The summed E-state index contributed by atoms with van der Waals surface area (Å²) >= 11 is 0. The molecule has 0 radical (unpaired) electrons. The van der Waals surface area contributed by atoms with Crippen molar-refractivity contribution in [3.8, 4) is 5.75 Å². The van der Waals surface area contributed by atoms with E-state index in [1.165, 1.54) is 0 Å². The van der Waals surface area contributed by atoms with Crippen LogP contribution in [0.1, 0.15) is 31.2 Å². The smallest absolute Gasteiger partial charge is 0.140 e. The van der Waals surface area contributed by atoms with Gasteiger partial charge < -0.3 is 4.74 Å². The fraction of sp³-hybridized carbons (Fsp3) is 0.400. The Bertz CT molecular complexity index is 462. The van der Waals surface area contributed by atoms with Crippen molar-refractivity contribution < 1.29 is 9.53 Å². The second-order valence-corrected chi connectivity index (χ2v) is 4.80. The Morgan fingerprint density at radius 3 is 2.94 bits per heavy atom. The molecule has 0 bridgehead atoms. The van der Waals surface area contributed by atoms with E-state index in [2.05, 4.69) is 6.08 Å². The molecule has 1 heterocycles. The lowest BCUT2D eigenvalue weighted by molar-refractivity contribution is -0.126. The standard InChI is InChI=1S/C15H16O2/c16-13-7-3-2-6-12(13)15-10-9-11-5-1-4-8-14(11)17-15/h1,4-5,8-10,12,15H,2-3,6-7H2. The summed E-state index contributed by atoms with van der Waals surface area (Å²) in [4.78, 5) is 11.9. The van der Waals surface area contributed by atoms with Crippen molar-refractivity contribution in [2.24, 2.45) is 5.92 Å². The lowest BCUT2D eigenvalue weighted by Gasteiger charge is -2.30. The molecule has 0 amide bonds. The van der Waals surface area contributed by atoms with Crippen LogP contribution in [0.15, 0.2) is 30.3 Å². The molecule has 17 heavy (non-hydrogen) atoms. The summed E-state index contributed by atoms with van der Waals surface area (Å²) in [5, 5.41) is 0. The van der Waals surface area contributed by atoms with Crippen LogP contribution in [-0.4, -0.2) is 11.9 Å². The van der Waals surface area contributed by atoms with Crippen molar-refractivity contribution in [2.45, 2.75) is 31.8 Å². The molecule has 2 nitrogen and oxygen atoms in total. The molecule has 1 aliphatic heterocycles. The van der Waals surface area contributed by atoms with E-state index < -0.39 is 0 Å². The van der Waals surface area contributed by atoms with Crippen LogP contribution in [0.2, 0.25) is 0 Å². The number of benzene rings is 1. The molecular formula is C15H16O2. The molecule has 88 valence electrons. The fourth-order valence-corrected chi connectivity index (χ4v) is 2.68. The van der Waals surface area contributed by atoms with Gasteiger partial charge in [-0.25, -0.2) is 0 Å². The van der Waals surface area contributed by atoms with Crippen LogP contribution < -0.4 is 4.74 Å². The molecule has 0 aromatic heterocycles. The van der Waals surface area contributed by atoms with Crippen LogP contribution in [0, 0.1) is 5.92 Å².